The van der Waals surface area contributed by atoms with Crippen molar-refractivity contribution in [1.29, 1.82) is 0 Å². The molecule has 2 aromatic rings. The molecule has 0 aliphatic carbocycles. The lowest BCUT2D eigenvalue weighted by Crippen LogP contribution is -2.56. The number of H-pyrrole nitrogens is 1. The van der Waals surface area contributed by atoms with Crippen molar-refractivity contribution < 1.29 is 19.5 Å². The van der Waals surface area contributed by atoms with Gasteiger partial charge in [-0.05, 0) is 36.8 Å². The van der Waals surface area contributed by atoms with E-state index in [9.17, 15) is 19.5 Å². The van der Waals surface area contributed by atoms with E-state index in [2.05, 4.69) is 10.3 Å². The summed E-state index contributed by atoms with van der Waals surface area (Å²) >= 11 is 0. The molecule has 8 heteroatoms. The highest BCUT2D eigenvalue weighted by molar-refractivity contribution is 5.93. The van der Waals surface area contributed by atoms with E-state index in [1.165, 1.54) is 4.90 Å². The fourth-order valence-electron chi connectivity index (χ4n) is 3.87. The van der Waals surface area contributed by atoms with Crippen LogP contribution < -0.4 is 11.1 Å². The second-order valence-electron chi connectivity index (χ2n) is 7.93. The number of para-hydroxylation sites is 1. The van der Waals surface area contributed by atoms with Crippen LogP contribution in [-0.2, 0) is 20.8 Å². The average Bonchev–Trinajstić information content (AvgIpc) is 3.33. The second-order valence-corrected chi connectivity index (χ2v) is 7.93. The van der Waals surface area contributed by atoms with E-state index >= 15 is 0 Å². The maximum atomic E-state index is 13.0. The number of nitrogens with two attached hydrogens (primary N) is 1. The molecule has 5 N–H and O–H groups in total. The van der Waals surface area contributed by atoms with Gasteiger partial charge in [0.25, 0.3) is 0 Å². The minimum Gasteiger partial charge on any atom is -0.480 e. The molecule has 1 aromatic carbocycles. The lowest BCUT2D eigenvalue weighted by Gasteiger charge is -2.30. The number of carbonyl (C=O) groups excluding carboxylic acids is 2. The number of aromatic amines is 1. The molecule has 8 nitrogen and oxygen atoms in total. The van der Waals surface area contributed by atoms with Crippen LogP contribution in [0.4, 0.5) is 0 Å². The molecule has 29 heavy (non-hydrogen) atoms. The molecule has 1 aliphatic heterocycles. The number of nitrogens with one attached hydrogen (secondary N) is 2. The molecule has 3 atom stereocenters. The number of carboxylic acid groups (broad SMARTS) is 1. The van der Waals surface area contributed by atoms with Crippen LogP contribution in [0.3, 0.4) is 0 Å². The predicted molar refractivity (Wildman–Crippen MR) is 109 cm³/mol. The lowest BCUT2D eigenvalue weighted by molar-refractivity contribution is -0.150. The topological polar surface area (TPSA) is 129 Å². The number of fused-ring (bicyclic) bond motifs is 1. The molecule has 1 fully saturated rings. The van der Waals surface area contributed by atoms with Crippen molar-refractivity contribution in [3.63, 3.8) is 0 Å². The highest BCUT2D eigenvalue weighted by atomic mass is 16.4. The summed E-state index contributed by atoms with van der Waals surface area (Å²) in [5, 5.41) is 13.1. The number of rotatable bonds is 7. The van der Waals surface area contributed by atoms with E-state index in [4.69, 9.17) is 5.73 Å². The Morgan fingerprint density at radius 3 is 2.72 bits per heavy atom. The fourth-order valence-corrected chi connectivity index (χ4v) is 3.87. The van der Waals surface area contributed by atoms with Crippen molar-refractivity contribution in [2.45, 2.75) is 51.2 Å². The van der Waals surface area contributed by atoms with Crippen LogP contribution in [0.15, 0.2) is 30.5 Å². The van der Waals surface area contributed by atoms with Gasteiger partial charge in [0, 0.05) is 23.6 Å². The van der Waals surface area contributed by atoms with Crippen LogP contribution in [0, 0.1) is 5.92 Å². The van der Waals surface area contributed by atoms with Crippen LogP contribution in [-0.4, -0.2) is 57.4 Å². The predicted octanol–water partition coefficient (Wildman–Crippen LogP) is 1.25. The van der Waals surface area contributed by atoms with Gasteiger partial charge in [0.1, 0.15) is 12.1 Å². The fraction of sp³-hybridized carbons (Fsp3) is 0.476. The molecular formula is C21H28N4O4. The van der Waals surface area contributed by atoms with Crippen molar-refractivity contribution in [1.82, 2.24) is 15.2 Å². The van der Waals surface area contributed by atoms with Gasteiger partial charge >= 0.3 is 5.97 Å². The highest BCUT2D eigenvalue weighted by Gasteiger charge is 2.39. The van der Waals surface area contributed by atoms with Crippen molar-refractivity contribution in [3.8, 4) is 0 Å². The number of hydrogen-bond donors (Lipinski definition) is 4. The third-order valence-corrected chi connectivity index (χ3v) is 5.50. The minimum atomic E-state index is -1.01. The van der Waals surface area contributed by atoms with Crippen molar-refractivity contribution in [3.05, 3.63) is 36.0 Å². The van der Waals surface area contributed by atoms with E-state index in [0.29, 0.717) is 25.8 Å². The van der Waals surface area contributed by atoms with Crippen LogP contribution in [0.5, 0.6) is 0 Å². The minimum absolute atomic E-state index is 0.193. The number of hydrogen-bond acceptors (Lipinski definition) is 4. The number of aromatic nitrogens is 1. The summed E-state index contributed by atoms with van der Waals surface area (Å²) in [5.41, 5.74) is 8.04. The standard InChI is InChI=1S/C21H28N4O4/c1-12(2)18(20(27)25-9-5-8-17(25)21(28)29)24-19(26)15(22)10-13-11-23-16-7-4-3-6-14(13)16/h3-4,6-7,11-12,15,17-18,23H,5,8-10,22H2,1-2H3,(H,24,26)(H,28,29)/t15-,17+,18-/m0/s1. The number of benzene rings is 1. The first-order chi connectivity index (χ1) is 13.8. The quantitative estimate of drug-likeness (QED) is 0.556. The van der Waals surface area contributed by atoms with E-state index in [-0.39, 0.29) is 11.8 Å². The molecule has 0 spiro atoms. The summed E-state index contributed by atoms with van der Waals surface area (Å²) in [4.78, 5) is 41.6. The Kier molecular flexibility index (Phi) is 6.22. The Hall–Kier alpha value is -2.87. The van der Waals surface area contributed by atoms with Crippen molar-refractivity contribution in [2.24, 2.45) is 11.7 Å². The van der Waals surface area contributed by atoms with Gasteiger partial charge in [0.15, 0.2) is 0 Å². The number of likely N-dealkylation sites (tertiary alicyclic amines) is 1. The van der Waals surface area contributed by atoms with Crippen LogP contribution in [0.25, 0.3) is 10.9 Å². The van der Waals surface area contributed by atoms with Gasteiger partial charge < -0.3 is 26.0 Å². The van der Waals surface area contributed by atoms with Gasteiger partial charge in [0.05, 0.1) is 6.04 Å². The third kappa shape index (κ3) is 4.42. The summed E-state index contributed by atoms with van der Waals surface area (Å²) in [7, 11) is 0. The molecule has 0 saturated carbocycles. The summed E-state index contributed by atoms with van der Waals surface area (Å²) in [6.45, 7) is 4.02. The number of nitrogens with zero attached hydrogens (tertiary/aromatic N) is 1. The first-order valence-corrected chi connectivity index (χ1v) is 9.93. The highest BCUT2D eigenvalue weighted by Crippen LogP contribution is 2.21. The molecule has 0 unspecified atom stereocenters. The SMILES string of the molecule is CC(C)[C@H](NC(=O)[C@@H](N)Cc1c[nH]c2ccccc12)C(=O)N1CCC[C@@H]1C(=O)O. The van der Waals surface area contributed by atoms with Gasteiger partial charge in [0.2, 0.25) is 11.8 Å². The normalized spacial score (nSPS) is 18.8. The Morgan fingerprint density at radius 1 is 1.31 bits per heavy atom. The Labute approximate surface area is 169 Å². The summed E-state index contributed by atoms with van der Waals surface area (Å²) < 4.78 is 0. The Morgan fingerprint density at radius 2 is 2.03 bits per heavy atom. The lowest BCUT2D eigenvalue weighted by atomic mass is 10.0. The molecule has 2 amide bonds. The summed E-state index contributed by atoms with van der Waals surface area (Å²) in [5.74, 6) is -1.99. The first-order valence-electron chi connectivity index (χ1n) is 9.93. The number of aliphatic carboxylic acids is 1. The molecule has 0 radical (unpaired) electrons. The average molecular weight is 400 g/mol. The molecular weight excluding hydrogens is 372 g/mol. The van der Waals surface area contributed by atoms with Crippen LogP contribution in [0.2, 0.25) is 0 Å². The third-order valence-electron chi connectivity index (χ3n) is 5.50. The van der Waals surface area contributed by atoms with Gasteiger partial charge in [-0.25, -0.2) is 4.79 Å². The largest absolute Gasteiger partial charge is 0.480 e. The van der Waals surface area contributed by atoms with Gasteiger partial charge in [-0.15, -0.1) is 0 Å². The van der Waals surface area contributed by atoms with Gasteiger partial charge in [-0.2, -0.15) is 0 Å². The zero-order valence-electron chi connectivity index (χ0n) is 16.7. The molecule has 1 saturated heterocycles. The van der Waals surface area contributed by atoms with Crippen LogP contribution in [0.1, 0.15) is 32.3 Å². The second kappa shape index (κ2) is 8.65. The zero-order valence-corrected chi connectivity index (χ0v) is 16.7. The molecule has 1 aliphatic rings. The molecule has 2 heterocycles. The van der Waals surface area contributed by atoms with Crippen LogP contribution >= 0.6 is 0 Å². The molecule has 3 rings (SSSR count). The van der Waals surface area contributed by atoms with E-state index < -0.39 is 30.0 Å². The Balaban J connectivity index is 1.69. The van der Waals surface area contributed by atoms with Gasteiger partial charge in [-0.3, -0.25) is 9.59 Å². The number of amides is 2. The number of carbonyl (C=O) groups is 3. The number of carboxylic acids is 1. The smallest absolute Gasteiger partial charge is 0.326 e. The molecule has 1 aromatic heterocycles. The first kappa shape index (κ1) is 20.9. The Bertz CT molecular complexity index is 907. The maximum absolute atomic E-state index is 13.0. The zero-order chi connectivity index (χ0) is 21.1. The van der Waals surface area contributed by atoms with E-state index in [1.807, 2.05) is 44.3 Å². The van der Waals surface area contributed by atoms with Crippen molar-refractivity contribution >= 4 is 28.7 Å². The monoisotopic (exact) mass is 400 g/mol. The molecule has 0 bridgehead atoms. The summed E-state index contributed by atoms with van der Waals surface area (Å²) in [6, 6.07) is 5.30. The van der Waals surface area contributed by atoms with E-state index in [0.717, 1.165) is 16.5 Å². The summed E-state index contributed by atoms with van der Waals surface area (Å²) in [6.07, 6.45) is 3.24. The van der Waals surface area contributed by atoms with Crippen molar-refractivity contribution in [2.75, 3.05) is 6.54 Å². The van der Waals surface area contributed by atoms with Gasteiger partial charge in [-0.1, -0.05) is 32.0 Å². The maximum Gasteiger partial charge on any atom is 0.326 e. The molecule has 156 valence electrons. The van der Waals surface area contributed by atoms with E-state index in [1.54, 1.807) is 0 Å².